The molecule has 4 aromatic heterocycles. The quantitative estimate of drug-likeness (QED) is 0.155. The van der Waals surface area contributed by atoms with Crippen LogP contribution in [-0.4, -0.2) is 94.7 Å². The largest absolute Gasteiger partial charge is 0.502 e. The van der Waals surface area contributed by atoms with E-state index in [2.05, 4.69) is 9.97 Å². The maximum absolute atomic E-state index is 14.7. The van der Waals surface area contributed by atoms with E-state index in [1.807, 2.05) is 0 Å². The van der Waals surface area contributed by atoms with E-state index < -0.39 is 46.0 Å². The maximum atomic E-state index is 14.7. The molecular weight excluding hydrogens is 877 g/mol. The van der Waals surface area contributed by atoms with Crippen molar-refractivity contribution >= 4 is 22.1 Å². The van der Waals surface area contributed by atoms with Crippen molar-refractivity contribution in [3.63, 3.8) is 0 Å². The van der Waals surface area contributed by atoms with Crippen LogP contribution in [0.3, 0.4) is 0 Å². The minimum absolute atomic E-state index is 0.00740. The molecule has 7 aromatic rings. The summed E-state index contributed by atoms with van der Waals surface area (Å²) in [5, 5.41) is 10.9. The van der Waals surface area contributed by atoms with Crippen LogP contribution in [0.25, 0.3) is 22.1 Å². The number of ether oxygens (including phenoxy) is 6. The van der Waals surface area contributed by atoms with Gasteiger partial charge in [0.05, 0.1) is 83.9 Å². The molecule has 6 heterocycles. The number of aryl methyl sites for hydroxylation is 4. The van der Waals surface area contributed by atoms with E-state index in [1.54, 1.807) is 44.4 Å². The number of fused-ring (bicyclic) bond motifs is 6. The van der Waals surface area contributed by atoms with Crippen LogP contribution in [0.15, 0.2) is 76.8 Å². The summed E-state index contributed by atoms with van der Waals surface area (Å²) in [5.74, 6) is 1.30. The van der Waals surface area contributed by atoms with Gasteiger partial charge in [0.1, 0.15) is 17.4 Å². The van der Waals surface area contributed by atoms with E-state index in [0.717, 1.165) is 9.13 Å². The number of hydrogen-bond donors (Lipinski definition) is 1. The van der Waals surface area contributed by atoms with Gasteiger partial charge in [0.15, 0.2) is 34.5 Å². The fourth-order valence-corrected chi connectivity index (χ4v) is 9.19. The van der Waals surface area contributed by atoms with Gasteiger partial charge in [-0.05, 0) is 23.3 Å². The number of aromatic hydroxyl groups is 1. The van der Waals surface area contributed by atoms with Gasteiger partial charge in [-0.25, -0.2) is 57.0 Å². The van der Waals surface area contributed by atoms with Gasteiger partial charge in [-0.15, -0.1) is 0 Å². The molecule has 0 saturated heterocycles. The number of allylic oxidation sites excluding steroid dienone is 2. The predicted octanol–water partition coefficient (Wildman–Crippen LogP) is 0.457. The number of hydrogen-bond acceptors (Lipinski definition) is 15. The molecular formula is C44H46N10O13. The summed E-state index contributed by atoms with van der Waals surface area (Å²) < 4.78 is 42.4. The standard InChI is InChI=1S/C44H46N10O13/c1-47-28-19-33(64-5)31(62-3)17-26(28)45-24(39(47)56)10-12-49-41(58)51-14-9-23-30(53(51)43(49)60)21-52-42(59)50(44(61)54(52)37(23)22-15-35(66-7)38(55)36(16-22)67-8)13-11-25-40(57)48(2)29-20-34(65-6)32(63-4)18-27(29)46-25/h9,15-20,30,37,55H,10-14,21H2,1-8H3/t30-,37+/m1/s1. The summed E-state index contributed by atoms with van der Waals surface area (Å²) in [6.07, 6.45) is 1.51. The molecule has 1 N–H and O–H groups in total. The summed E-state index contributed by atoms with van der Waals surface area (Å²) >= 11 is 0. The molecule has 350 valence electrons. The van der Waals surface area contributed by atoms with Crippen molar-refractivity contribution in [2.24, 2.45) is 14.1 Å². The second-order valence-electron chi connectivity index (χ2n) is 15.9. The van der Waals surface area contributed by atoms with E-state index in [4.69, 9.17) is 28.4 Å². The molecule has 0 bridgehead atoms. The zero-order chi connectivity index (χ0) is 47.7. The lowest BCUT2D eigenvalue weighted by Crippen LogP contribution is -2.47. The zero-order valence-electron chi connectivity index (χ0n) is 37.8. The highest BCUT2D eigenvalue weighted by molar-refractivity contribution is 5.80. The number of aromatic nitrogens is 10. The fourth-order valence-electron chi connectivity index (χ4n) is 9.19. The highest BCUT2D eigenvalue weighted by Crippen LogP contribution is 2.44. The summed E-state index contributed by atoms with van der Waals surface area (Å²) in [4.78, 5) is 94.2. The number of benzene rings is 3. The Hall–Kier alpha value is -8.24. The highest BCUT2D eigenvalue weighted by atomic mass is 16.5. The molecule has 0 unspecified atom stereocenters. The molecule has 23 nitrogen and oxygen atoms in total. The molecule has 23 heteroatoms. The first-order chi connectivity index (χ1) is 32.2. The Morgan fingerprint density at radius 2 is 1.00 bits per heavy atom. The molecule has 2 aliphatic heterocycles. The van der Waals surface area contributed by atoms with Crippen LogP contribution in [0.4, 0.5) is 0 Å². The van der Waals surface area contributed by atoms with Gasteiger partial charge in [-0.2, -0.15) is 0 Å². The lowest BCUT2D eigenvalue weighted by atomic mass is 9.90. The molecule has 3 aromatic carbocycles. The van der Waals surface area contributed by atoms with Crippen molar-refractivity contribution in [1.82, 2.24) is 47.0 Å². The Morgan fingerprint density at radius 1 is 0.567 bits per heavy atom. The average molecular weight is 923 g/mol. The van der Waals surface area contributed by atoms with E-state index in [-0.39, 0.29) is 67.7 Å². The predicted molar refractivity (Wildman–Crippen MR) is 240 cm³/mol. The van der Waals surface area contributed by atoms with Gasteiger partial charge in [0.25, 0.3) is 11.1 Å². The average Bonchev–Trinajstić information content (AvgIpc) is 3.73. The van der Waals surface area contributed by atoms with Crippen LogP contribution in [0.1, 0.15) is 29.0 Å². The molecule has 0 spiro atoms. The van der Waals surface area contributed by atoms with Crippen molar-refractivity contribution in [3.05, 3.63) is 128 Å². The van der Waals surface area contributed by atoms with E-state index in [0.29, 0.717) is 56.2 Å². The Labute approximate surface area is 377 Å². The van der Waals surface area contributed by atoms with Gasteiger partial charge < -0.3 is 42.7 Å². The van der Waals surface area contributed by atoms with Gasteiger partial charge >= 0.3 is 22.8 Å². The SMILES string of the molecule is COc1cc2nc(CCn3c(=O)n4n(c3=O)[C@@H]3Cn5c(=O)n(CCc6nc7cc(OC)c(OC)cc7n(C)c6=O)c(=O)n5[C@@H](c5cc(OC)c(O)c(OC)c5)C3=CC4)c(=O)n(C)c2cc1OC. The zero-order valence-corrected chi connectivity index (χ0v) is 37.8. The number of phenolic OH excluding ortho intramolecular Hbond substituents is 1. The third-order valence-electron chi connectivity index (χ3n) is 12.6. The number of rotatable bonds is 13. The smallest absolute Gasteiger partial charge is 0.348 e. The van der Waals surface area contributed by atoms with E-state index >= 15 is 0 Å². The number of methoxy groups -OCH3 is 6. The first kappa shape index (κ1) is 44.0. The summed E-state index contributed by atoms with van der Waals surface area (Å²) in [6.45, 7) is -0.823. The summed E-state index contributed by atoms with van der Waals surface area (Å²) in [7, 11) is 11.7. The first-order valence-corrected chi connectivity index (χ1v) is 20.9. The topological polar surface area (TPSA) is 243 Å². The first-order valence-electron chi connectivity index (χ1n) is 20.9. The lowest BCUT2D eigenvalue weighted by Gasteiger charge is -2.37. The molecule has 0 aliphatic carbocycles. The van der Waals surface area contributed by atoms with Crippen molar-refractivity contribution < 1.29 is 33.5 Å². The molecule has 0 radical (unpaired) electrons. The van der Waals surface area contributed by atoms with Crippen molar-refractivity contribution in [3.8, 4) is 40.2 Å². The minimum Gasteiger partial charge on any atom is -0.502 e. The third-order valence-corrected chi connectivity index (χ3v) is 12.6. The molecule has 2 atom stereocenters. The second kappa shape index (κ2) is 16.6. The van der Waals surface area contributed by atoms with Crippen LogP contribution in [0, 0.1) is 0 Å². The summed E-state index contributed by atoms with van der Waals surface area (Å²) in [6, 6.07) is 7.42. The monoisotopic (exact) mass is 922 g/mol. The molecule has 9 rings (SSSR count). The molecule has 0 fully saturated rings. The molecule has 0 amide bonds. The van der Waals surface area contributed by atoms with Gasteiger partial charge in [-0.3, -0.25) is 9.59 Å². The summed E-state index contributed by atoms with van der Waals surface area (Å²) in [5.41, 5.74) is -0.946. The molecule has 0 saturated carbocycles. The second-order valence-corrected chi connectivity index (χ2v) is 15.9. The fraction of sp³-hybridized carbons (Fsp3) is 0.364. The van der Waals surface area contributed by atoms with Gasteiger partial charge in [0.2, 0.25) is 5.75 Å². The van der Waals surface area contributed by atoms with Gasteiger partial charge in [-0.1, -0.05) is 6.08 Å². The van der Waals surface area contributed by atoms with Crippen LogP contribution < -0.4 is 62.3 Å². The van der Waals surface area contributed by atoms with E-state index in [9.17, 15) is 33.9 Å². The number of phenols is 1. The van der Waals surface area contributed by atoms with Crippen LogP contribution >= 0.6 is 0 Å². The number of nitrogens with zero attached hydrogens (tertiary/aromatic N) is 10. The molecule has 67 heavy (non-hydrogen) atoms. The minimum atomic E-state index is -1.10. The Kier molecular flexibility index (Phi) is 10.9. The van der Waals surface area contributed by atoms with Crippen LogP contribution in [0.5, 0.6) is 40.2 Å². The van der Waals surface area contributed by atoms with Crippen molar-refractivity contribution in [2.45, 2.75) is 51.1 Å². The van der Waals surface area contributed by atoms with Crippen LogP contribution in [-0.2, 0) is 53.1 Å². The highest BCUT2D eigenvalue weighted by Gasteiger charge is 2.42. The van der Waals surface area contributed by atoms with Crippen molar-refractivity contribution in [2.75, 3.05) is 42.7 Å². The third kappa shape index (κ3) is 6.78. The van der Waals surface area contributed by atoms with Gasteiger partial charge in [0, 0.05) is 64.3 Å². The van der Waals surface area contributed by atoms with Crippen molar-refractivity contribution in [1.29, 1.82) is 0 Å². The Bertz CT molecular complexity index is 3580. The maximum Gasteiger partial charge on any atom is 0.348 e. The Balaban J connectivity index is 1.12. The van der Waals surface area contributed by atoms with E-state index in [1.165, 1.54) is 82.7 Å². The van der Waals surface area contributed by atoms with Crippen LogP contribution in [0.2, 0.25) is 0 Å². The normalized spacial score (nSPS) is 15.2. The lowest BCUT2D eigenvalue weighted by molar-refractivity contribution is 0.245. The molecule has 2 aliphatic rings. The Morgan fingerprint density at radius 3 is 1.46 bits per heavy atom.